The van der Waals surface area contributed by atoms with Gasteiger partial charge >= 0.3 is 15.5 Å². The number of hydrogen-bond acceptors (Lipinski definition) is 5. The van der Waals surface area contributed by atoms with Gasteiger partial charge in [-0.15, -0.1) is 0 Å². The predicted octanol–water partition coefficient (Wildman–Crippen LogP) is 2.86. The molecule has 0 aliphatic carbocycles. The Labute approximate surface area is 148 Å². The second kappa shape index (κ2) is 8.36. The van der Waals surface area contributed by atoms with Gasteiger partial charge < -0.3 is 10.2 Å². The van der Waals surface area contributed by atoms with Crippen molar-refractivity contribution in [2.75, 3.05) is 0 Å². The maximum Gasteiger partial charge on any atom is 0.516 e. The second-order valence-electron chi connectivity index (χ2n) is 7.08. The van der Waals surface area contributed by atoms with E-state index in [1.165, 1.54) is 6.92 Å². The summed E-state index contributed by atoms with van der Waals surface area (Å²) in [5.74, 6) is -1.44. The summed E-state index contributed by atoms with van der Waals surface area (Å²) in [4.78, 5) is 11.9. The van der Waals surface area contributed by atoms with E-state index >= 15 is 0 Å². The van der Waals surface area contributed by atoms with E-state index in [0.29, 0.717) is 0 Å². The van der Waals surface area contributed by atoms with Crippen LogP contribution in [0.5, 0.6) is 0 Å². The molecule has 0 rings (SSSR count). The maximum atomic E-state index is 12.4. The number of carbonyl (C=O) groups excluding carboxylic acids is 1. The molecule has 0 fully saturated rings. The zero-order chi connectivity index (χ0) is 20.4. The Balaban J connectivity index is 5.41. The van der Waals surface area contributed by atoms with Gasteiger partial charge in [0.05, 0.1) is 6.10 Å². The van der Waals surface area contributed by atoms with Crippen LogP contribution < -0.4 is 10.5 Å². The number of halogens is 3. The van der Waals surface area contributed by atoms with Crippen LogP contribution >= 0.6 is 0 Å². The number of nitrogens with two attached hydrogens (primary N) is 1. The molecule has 0 radical (unpaired) electrons. The number of nitrogens with one attached hydrogen (secondary N) is 1. The summed E-state index contributed by atoms with van der Waals surface area (Å²) in [5, 5.41) is 0. The fourth-order valence-electron chi connectivity index (χ4n) is 3.28. The van der Waals surface area contributed by atoms with Crippen LogP contribution in [-0.4, -0.2) is 40.3 Å². The van der Waals surface area contributed by atoms with Crippen molar-refractivity contribution < 1.29 is 30.8 Å². The zero-order valence-corrected chi connectivity index (χ0v) is 17.5. The summed E-state index contributed by atoms with van der Waals surface area (Å²) < 4.78 is 66.4. The molecular formula is C14H29F3N2O4SSi. The molecule has 0 unspecified atom stereocenters. The highest BCUT2D eigenvalue weighted by atomic mass is 32.2. The van der Waals surface area contributed by atoms with Gasteiger partial charge in [0.1, 0.15) is 6.04 Å². The fourth-order valence-corrected chi connectivity index (χ4v) is 9.40. The van der Waals surface area contributed by atoms with Crippen molar-refractivity contribution in [3.8, 4) is 0 Å². The third-order valence-corrected chi connectivity index (χ3v) is 11.7. The molecule has 3 N–H and O–H groups in total. The number of hydrogen-bond donors (Lipinski definition) is 2. The van der Waals surface area contributed by atoms with E-state index in [2.05, 4.69) is 0 Å². The van der Waals surface area contributed by atoms with Crippen molar-refractivity contribution in [1.82, 2.24) is 4.72 Å². The van der Waals surface area contributed by atoms with E-state index < -0.39 is 41.9 Å². The fraction of sp³-hybridized carbons (Fsp3) is 0.929. The summed E-state index contributed by atoms with van der Waals surface area (Å²) in [7, 11) is -8.22. The first kappa shape index (κ1) is 24.3. The van der Waals surface area contributed by atoms with Gasteiger partial charge in [0, 0.05) is 0 Å². The molecule has 0 aliphatic heterocycles. The standard InChI is InChI=1S/C14H29F3N2O4SSi/c1-8(2)25(9(3)4,10(5)6)23-11(7)12(18)13(20)19-24(21,22)14(15,16)17/h8-12H,18H2,1-7H3,(H,19,20)/t11-,12+/m1/s1. The number of amides is 1. The van der Waals surface area contributed by atoms with Gasteiger partial charge in [0.2, 0.25) is 8.32 Å². The van der Waals surface area contributed by atoms with E-state index in [0.717, 1.165) is 4.72 Å². The van der Waals surface area contributed by atoms with Crippen LogP contribution in [0.25, 0.3) is 0 Å². The summed E-state index contributed by atoms with van der Waals surface area (Å²) in [5.41, 5.74) is 0.599. The highest BCUT2D eigenvalue weighted by molar-refractivity contribution is 7.90. The molecule has 150 valence electrons. The number of alkyl halides is 3. The minimum Gasteiger partial charge on any atom is -0.411 e. The molecule has 0 aromatic heterocycles. The van der Waals surface area contributed by atoms with Crippen LogP contribution in [0.4, 0.5) is 13.2 Å². The zero-order valence-electron chi connectivity index (χ0n) is 15.6. The van der Waals surface area contributed by atoms with Gasteiger partial charge in [-0.3, -0.25) is 4.79 Å². The third-order valence-electron chi connectivity index (χ3n) is 4.45. The number of rotatable bonds is 8. The van der Waals surface area contributed by atoms with Crippen molar-refractivity contribution >= 4 is 24.2 Å². The normalized spacial score (nSPS) is 16.4. The molecule has 25 heavy (non-hydrogen) atoms. The Morgan fingerprint density at radius 2 is 1.36 bits per heavy atom. The van der Waals surface area contributed by atoms with Gasteiger partial charge in [-0.25, -0.2) is 4.72 Å². The largest absolute Gasteiger partial charge is 0.516 e. The van der Waals surface area contributed by atoms with Crippen molar-refractivity contribution in [2.24, 2.45) is 5.73 Å². The summed E-state index contributed by atoms with van der Waals surface area (Å²) in [6, 6.07) is -1.54. The van der Waals surface area contributed by atoms with Gasteiger partial charge in [-0.1, -0.05) is 41.5 Å². The monoisotopic (exact) mass is 406 g/mol. The molecule has 1 amide bonds. The average Bonchev–Trinajstić information content (AvgIpc) is 2.40. The molecular weight excluding hydrogens is 377 g/mol. The Hall–Kier alpha value is -0.653. The average molecular weight is 407 g/mol. The van der Waals surface area contributed by atoms with Gasteiger partial charge in [-0.05, 0) is 23.5 Å². The Morgan fingerprint density at radius 1 is 1.00 bits per heavy atom. The molecule has 0 spiro atoms. The molecule has 6 nitrogen and oxygen atoms in total. The van der Waals surface area contributed by atoms with Crippen molar-refractivity contribution in [1.29, 1.82) is 0 Å². The van der Waals surface area contributed by atoms with E-state index in [-0.39, 0.29) is 16.6 Å². The molecule has 0 aliphatic rings. The van der Waals surface area contributed by atoms with Crippen LogP contribution in [-0.2, 0) is 19.2 Å². The lowest BCUT2D eigenvalue weighted by atomic mass is 10.2. The lowest BCUT2D eigenvalue weighted by Gasteiger charge is -2.44. The van der Waals surface area contributed by atoms with Crippen molar-refractivity contribution in [3.05, 3.63) is 0 Å². The van der Waals surface area contributed by atoms with Crippen LogP contribution in [0.3, 0.4) is 0 Å². The molecule has 0 saturated heterocycles. The Morgan fingerprint density at radius 3 is 1.64 bits per heavy atom. The molecule has 2 atom stereocenters. The van der Waals surface area contributed by atoms with E-state index in [4.69, 9.17) is 10.2 Å². The summed E-state index contributed by atoms with van der Waals surface area (Å²) >= 11 is 0. The quantitative estimate of drug-likeness (QED) is 0.604. The van der Waals surface area contributed by atoms with Gasteiger partial charge in [-0.2, -0.15) is 21.6 Å². The molecule has 11 heteroatoms. The van der Waals surface area contributed by atoms with Crippen LogP contribution in [0.15, 0.2) is 0 Å². The predicted molar refractivity (Wildman–Crippen MR) is 92.7 cm³/mol. The van der Waals surface area contributed by atoms with E-state index in [1.807, 2.05) is 41.5 Å². The first-order valence-electron chi connectivity index (χ1n) is 8.07. The number of sulfonamides is 1. The minimum absolute atomic E-state index is 0.170. The topological polar surface area (TPSA) is 98.5 Å². The Kier molecular flexibility index (Phi) is 8.14. The summed E-state index contributed by atoms with van der Waals surface area (Å²) in [6.45, 7) is 13.5. The molecule has 0 aromatic rings. The molecule has 0 bridgehead atoms. The van der Waals surface area contributed by atoms with E-state index in [1.54, 1.807) is 0 Å². The van der Waals surface area contributed by atoms with Crippen molar-refractivity contribution in [3.63, 3.8) is 0 Å². The lowest BCUT2D eigenvalue weighted by molar-refractivity contribution is -0.123. The van der Waals surface area contributed by atoms with Crippen molar-refractivity contribution in [2.45, 2.75) is 82.7 Å². The molecule has 0 aromatic carbocycles. The first-order chi connectivity index (χ1) is 11.0. The first-order valence-corrected chi connectivity index (χ1v) is 11.7. The highest BCUT2D eigenvalue weighted by Crippen LogP contribution is 2.43. The van der Waals surface area contributed by atoms with E-state index in [9.17, 15) is 26.4 Å². The Bertz CT molecular complexity index is 543. The SMILES string of the molecule is CC(C)[Si](O[C@H](C)[C@H](N)C(=O)NS(=O)(=O)C(F)(F)F)(C(C)C)C(C)C. The van der Waals surface area contributed by atoms with Gasteiger partial charge in [0.15, 0.2) is 0 Å². The molecule has 0 heterocycles. The van der Waals surface area contributed by atoms with Crippen LogP contribution in [0.2, 0.25) is 16.6 Å². The maximum absolute atomic E-state index is 12.4. The van der Waals surface area contributed by atoms with Gasteiger partial charge in [0.25, 0.3) is 5.91 Å². The summed E-state index contributed by atoms with van der Waals surface area (Å²) in [6.07, 6.45) is -0.928. The van der Waals surface area contributed by atoms with Crippen LogP contribution in [0, 0.1) is 0 Å². The lowest BCUT2D eigenvalue weighted by Crippen LogP contribution is -2.57. The number of carbonyl (C=O) groups is 1. The van der Waals surface area contributed by atoms with Crippen LogP contribution in [0.1, 0.15) is 48.5 Å². The molecule has 0 saturated carbocycles. The minimum atomic E-state index is -5.79. The second-order valence-corrected chi connectivity index (χ2v) is 14.2. The highest BCUT2D eigenvalue weighted by Gasteiger charge is 2.49. The smallest absolute Gasteiger partial charge is 0.411 e. The third kappa shape index (κ3) is 5.41.